The Bertz CT molecular complexity index is 1170. The van der Waals surface area contributed by atoms with Gasteiger partial charge in [0.15, 0.2) is 5.13 Å². The first-order chi connectivity index (χ1) is 17.2. The van der Waals surface area contributed by atoms with E-state index in [0.29, 0.717) is 41.6 Å². The minimum atomic E-state index is -1.03. The van der Waals surface area contributed by atoms with Crippen molar-refractivity contribution >= 4 is 28.1 Å². The molecule has 0 saturated carbocycles. The fraction of sp³-hybridized carbons (Fsp3) is 0.407. The molecule has 0 atom stereocenters. The second kappa shape index (κ2) is 11.3. The van der Waals surface area contributed by atoms with Crippen LogP contribution < -0.4 is 20.5 Å². The topological polar surface area (TPSA) is 89.7 Å². The molecule has 0 bridgehead atoms. The van der Waals surface area contributed by atoms with Crippen LogP contribution >= 0.6 is 11.3 Å². The number of ether oxygens (including phenoxy) is 2. The van der Waals surface area contributed by atoms with Crippen molar-refractivity contribution in [2.45, 2.75) is 45.4 Å². The fourth-order valence-electron chi connectivity index (χ4n) is 3.97. The molecule has 2 aromatic carbocycles. The molecule has 1 amide bonds. The van der Waals surface area contributed by atoms with Gasteiger partial charge in [-0.3, -0.25) is 9.69 Å². The van der Waals surface area contributed by atoms with Gasteiger partial charge in [0.1, 0.15) is 23.8 Å². The number of nitrogens with two attached hydrogens (primary N) is 1. The third-order valence-corrected chi connectivity index (χ3v) is 6.86. The minimum absolute atomic E-state index is 0.0247. The number of primary amides is 1. The molecule has 3 N–H and O–H groups in total. The van der Waals surface area contributed by atoms with Crippen LogP contribution in [0, 0.1) is 0 Å². The quantitative estimate of drug-likeness (QED) is 0.365. The van der Waals surface area contributed by atoms with E-state index in [9.17, 15) is 9.18 Å². The zero-order valence-electron chi connectivity index (χ0n) is 20.9. The Morgan fingerprint density at radius 3 is 2.61 bits per heavy atom. The van der Waals surface area contributed by atoms with E-state index in [2.05, 4.69) is 10.2 Å². The molecule has 1 fully saturated rings. The summed E-state index contributed by atoms with van der Waals surface area (Å²) in [6.45, 7) is 8.46. The molecule has 36 heavy (non-hydrogen) atoms. The summed E-state index contributed by atoms with van der Waals surface area (Å²) in [5, 5.41) is 5.90. The Hall–Kier alpha value is -3.17. The second-order valence-electron chi connectivity index (χ2n) is 9.53. The maximum atomic E-state index is 13.9. The van der Waals surface area contributed by atoms with E-state index in [-0.39, 0.29) is 6.10 Å². The summed E-state index contributed by atoms with van der Waals surface area (Å²) in [4.78, 5) is 18.6. The lowest BCUT2D eigenvalue weighted by atomic mass is 9.96. The third kappa shape index (κ3) is 6.95. The lowest BCUT2D eigenvalue weighted by Crippen LogP contribution is -2.41. The zero-order valence-corrected chi connectivity index (χ0v) is 21.7. The molecule has 1 aliphatic rings. The largest absolute Gasteiger partial charge is 0.492 e. The Morgan fingerprint density at radius 1 is 1.22 bits per heavy atom. The van der Waals surface area contributed by atoms with E-state index in [1.807, 2.05) is 43.5 Å². The van der Waals surface area contributed by atoms with Crippen molar-refractivity contribution in [3.63, 3.8) is 0 Å². The smallest absolute Gasteiger partial charge is 0.248 e. The van der Waals surface area contributed by atoms with Crippen LogP contribution in [0.2, 0.25) is 0 Å². The van der Waals surface area contributed by atoms with Gasteiger partial charge in [-0.1, -0.05) is 0 Å². The van der Waals surface area contributed by atoms with Gasteiger partial charge >= 0.3 is 0 Å². The number of benzene rings is 2. The summed E-state index contributed by atoms with van der Waals surface area (Å²) in [5.41, 5.74) is 7.24. The minimum Gasteiger partial charge on any atom is -0.492 e. The first-order valence-corrected chi connectivity index (χ1v) is 13.0. The Morgan fingerprint density at radius 2 is 1.94 bits per heavy atom. The SMILES string of the molecule is CC(C)Oc1ccc(C(N)=O)cc1Nc1nc(-c2ccc(OCCN3CCC(C)(F)CC3)cc2)cs1. The van der Waals surface area contributed by atoms with Gasteiger partial charge in [-0.2, -0.15) is 0 Å². The van der Waals surface area contributed by atoms with Gasteiger partial charge < -0.3 is 20.5 Å². The van der Waals surface area contributed by atoms with Crippen molar-refractivity contribution in [1.29, 1.82) is 0 Å². The molecule has 1 aliphatic heterocycles. The zero-order chi connectivity index (χ0) is 25.7. The summed E-state index contributed by atoms with van der Waals surface area (Å²) in [5.74, 6) is 0.907. The molecule has 192 valence electrons. The number of hydrogen-bond acceptors (Lipinski definition) is 7. The predicted octanol–water partition coefficient (Wildman–Crippen LogP) is 5.64. The van der Waals surface area contributed by atoms with E-state index in [4.69, 9.17) is 20.2 Å². The number of nitrogens with zero attached hydrogens (tertiary/aromatic N) is 2. The summed E-state index contributed by atoms with van der Waals surface area (Å²) in [7, 11) is 0. The number of rotatable bonds is 10. The van der Waals surface area contributed by atoms with Crippen LogP contribution in [-0.2, 0) is 0 Å². The van der Waals surface area contributed by atoms with Crippen LogP contribution in [0.25, 0.3) is 11.3 Å². The van der Waals surface area contributed by atoms with E-state index >= 15 is 0 Å². The molecule has 0 aliphatic carbocycles. The second-order valence-corrected chi connectivity index (χ2v) is 10.4. The molecular weight excluding hydrogens is 479 g/mol. The number of anilines is 2. The van der Waals surface area contributed by atoms with Gasteiger partial charge in [0.25, 0.3) is 0 Å². The van der Waals surface area contributed by atoms with E-state index < -0.39 is 11.6 Å². The van der Waals surface area contributed by atoms with Crippen LogP contribution in [0.4, 0.5) is 15.2 Å². The van der Waals surface area contributed by atoms with Crippen LogP contribution in [0.1, 0.15) is 44.0 Å². The van der Waals surface area contributed by atoms with Gasteiger partial charge in [0.2, 0.25) is 5.91 Å². The summed E-state index contributed by atoms with van der Waals surface area (Å²) in [6, 6.07) is 12.9. The standard InChI is InChI=1S/C27H33FN4O3S/c1-18(2)35-24-9-6-20(25(29)33)16-22(24)30-26-31-23(17-36-26)19-4-7-21(8-5-19)34-15-14-32-12-10-27(3,28)11-13-32/h4-9,16-18H,10-15H2,1-3H3,(H2,29,33)(H,30,31). The first kappa shape index (κ1) is 25.9. The molecule has 0 radical (unpaired) electrons. The summed E-state index contributed by atoms with van der Waals surface area (Å²) < 4.78 is 25.7. The number of alkyl halides is 1. The Labute approximate surface area is 215 Å². The molecule has 9 heteroatoms. The number of hydrogen-bond donors (Lipinski definition) is 2. The maximum absolute atomic E-state index is 13.9. The third-order valence-electron chi connectivity index (χ3n) is 6.10. The average molecular weight is 513 g/mol. The average Bonchev–Trinajstić information content (AvgIpc) is 3.30. The normalized spacial score (nSPS) is 15.6. The molecule has 7 nitrogen and oxygen atoms in total. The van der Waals surface area contributed by atoms with Gasteiger partial charge in [-0.05, 0) is 76.1 Å². The van der Waals surface area contributed by atoms with Crippen LogP contribution in [0.3, 0.4) is 0 Å². The van der Waals surface area contributed by atoms with E-state index in [1.54, 1.807) is 25.1 Å². The van der Waals surface area contributed by atoms with Crippen molar-refractivity contribution in [2.75, 3.05) is 31.6 Å². The van der Waals surface area contributed by atoms with Gasteiger partial charge in [0, 0.05) is 36.1 Å². The molecule has 2 heterocycles. The van der Waals surface area contributed by atoms with Crippen molar-refractivity contribution in [2.24, 2.45) is 5.73 Å². The Balaban J connectivity index is 1.35. The highest BCUT2D eigenvalue weighted by atomic mass is 32.1. The van der Waals surface area contributed by atoms with Crippen molar-refractivity contribution < 1.29 is 18.7 Å². The Kier molecular flexibility index (Phi) is 8.11. The molecule has 4 rings (SSSR count). The highest BCUT2D eigenvalue weighted by molar-refractivity contribution is 7.14. The van der Waals surface area contributed by atoms with Crippen LogP contribution in [0.5, 0.6) is 11.5 Å². The van der Waals surface area contributed by atoms with Gasteiger partial charge in [-0.15, -0.1) is 11.3 Å². The first-order valence-electron chi connectivity index (χ1n) is 12.2. The van der Waals surface area contributed by atoms with E-state index in [1.165, 1.54) is 11.3 Å². The van der Waals surface area contributed by atoms with E-state index in [0.717, 1.165) is 36.6 Å². The highest BCUT2D eigenvalue weighted by Crippen LogP contribution is 2.33. The van der Waals surface area contributed by atoms with Gasteiger partial charge in [-0.25, -0.2) is 9.37 Å². The number of piperidine rings is 1. The highest BCUT2D eigenvalue weighted by Gasteiger charge is 2.29. The van der Waals surface area contributed by atoms with Crippen molar-refractivity contribution in [3.05, 3.63) is 53.4 Å². The number of amides is 1. The lowest BCUT2D eigenvalue weighted by molar-refractivity contribution is 0.0669. The summed E-state index contributed by atoms with van der Waals surface area (Å²) in [6.07, 6.45) is 1.13. The molecule has 0 unspecified atom stereocenters. The number of carbonyl (C=O) groups is 1. The molecular formula is C27H33FN4O3S. The van der Waals surface area contributed by atoms with Crippen LogP contribution in [0.15, 0.2) is 47.8 Å². The monoisotopic (exact) mass is 512 g/mol. The number of nitrogens with one attached hydrogen (secondary N) is 1. The number of likely N-dealkylation sites (tertiary alicyclic amines) is 1. The number of carbonyl (C=O) groups excluding carboxylic acids is 1. The summed E-state index contributed by atoms with van der Waals surface area (Å²) >= 11 is 1.46. The number of thiazole rings is 1. The molecule has 1 aromatic heterocycles. The lowest BCUT2D eigenvalue weighted by Gasteiger charge is -2.33. The molecule has 3 aromatic rings. The molecule has 1 saturated heterocycles. The fourth-order valence-corrected chi connectivity index (χ4v) is 4.71. The van der Waals surface area contributed by atoms with Gasteiger partial charge in [0.05, 0.1) is 17.5 Å². The number of halogens is 1. The van der Waals surface area contributed by atoms with Crippen molar-refractivity contribution in [3.8, 4) is 22.8 Å². The van der Waals surface area contributed by atoms with Crippen LogP contribution in [-0.4, -0.2) is 53.8 Å². The maximum Gasteiger partial charge on any atom is 0.248 e. The van der Waals surface area contributed by atoms with Crippen molar-refractivity contribution in [1.82, 2.24) is 9.88 Å². The number of aromatic nitrogens is 1. The predicted molar refractivity (Wildman–Crippen MR) is 142 cm³/mol. The molecule has 0 spiro atoms.